The summed E-state index contributed by atoms with van der Waals surface area (Å²) in [6.45, 7) is 1.40. The molecule has 0 fully saturated rings. The van der Waals surface area contributed by atoms with Gasteiger partial charge in [-0.3, -0.25) is 5.21 Å². The average Bonchev–Trinajstić information content (AvgIpc) is 1.97. The predicted molar refractivity (Wildman–Crippen MR) is 41.2 cm³/mol. The number of allylic oxidation sites excluding steroid dienone is 2. The van der Waals surface area contributed by atoms with Crippen molar-refractivity contribution in [2.24, 2.45) is 0 Å². The van der Waals surface area contributed by atoms with Crippen molar-refractivity contribution in [3.8, 4) is 0 Å². The van der Waals surface area contributed by atoms with Gasteiger partial charge in [-0.15, -0.1) is 0 Å². The van der Waals surface area contributed by atoms with E-state index in [-0.39, 0.29) is 5.16 Å². The van der Waals surface area contributed by atoms with Gasteiger partial charge in [0.15, 0.2) is 0 Å². The second kappa shape index (κ2) is 3.23. The Balaban J connectivity index is 2.98. The second-order valence-corrected chi connectivity index (χ2v) is 3.06. The molecule has 6 heteroatoms. The molecule has 0 aromatic rings. The smallest absolute Gasteiger partial charge is 0.287 e. The lowest BCUT2D eigenvalue weighted by Gasteiger charge is -2.26. The molecule has 0 radical (unpaired) electrons. The highest BCUT2D eigenvalue weighted by Crippen LogP contribution is 2.32. The molecule has 13 heavy (non-hydrogen) atoms. The molecule has 1 atom stereocenters. The molecule has 2 nitrogen and oxygen atoms in total. The molecule has 0 aromatic heterocycles. The van der Waals surface area contributed by atoms with E-state index in [0.717, 1.165) is 6.08 Å². The van der Waals surface area contributed by atoms with Crippen molar-refractivity contribution in [3.05, 3.63) is 22.9 Å². The van der Waals surface area contributed by atoms with Gasteiger partial charge in [-0.1, -0.05) is 11.6 Å². The molecular formula is C7H7ClF3NO. The van der Waals surface area contributed by atoms with Crippen LogP contribution in [0.1, 0.15) is 6.92 Å². The molecule has 1 aliphatic heterocycles. The number of rotatable bonds is 0. The molecule has 0 saturated carbocycles. The summed E-state index contributed by atoms with van der Waals surface area (Å²) in [7, 11) is 0. The minimum atomic E-state index is -4.42. The Morgan fingerprint density at radius 3 is 2.46 bits per heavy atom. The molecule has 1 unspecified atom stereocenters. The van der Waals surface area contributed by atoms with Crippen molar-refractivity contribution in [1.29, 1.82) is 0 Å². The van der Waals surface area contributed by atoms with Gasteiger partial charge in [0.1, 0.15) is 5.16 Å². The third-order valence-corrected chi connectivity index (χ3v) is 1.91. The fourth-order valence-corrected chi connectivity index (χ4v) is 1.22. The molecule has 0 amide bonds. The maximum absolute atomic E-state index is 12.1. The lowest BCUT2D eigenvalue weighted by atomic mass is 10.1. The summed E-state index contributed by atoms with van der Waals surface area (Å²) in [6.07, 6.45) is -2.84. The normalized spacial score (nSPS) is 24.2. The minimum Gasteiger partial charge on any atom is -0.287 e. The molecule has 1 rings (SSSR count). The summed E-state index contributed by atoms with van der Waals surface area (Å²) in [4.78, 5) is 0. The van der Waals surface area contributed by atoms with Gasteiger partial charge < -0.3 is 0 Å². The van der Waals surface area contributed by atoms with Gasteiger partial charge in [-0.25, -0.2) is 5.06 Å². The van der Waals surface area contributed by atoms with Gasteiger partial charge in [-0.2, -0.15) is 13.2 Å². The van der Waals surface area contributed by atoms with Crippen LogP contribution in [-0.4, -0.2) is 22.5 Å². The van der Waals surface area contributed by atoms with E-state index >= 15 is 0 Å². The number of nitrogens with zero attached hydrogens (tertiary/aromatic N) is 1. The Kier molecular flexibility index (Phi) is 2.58. The van der Waals surface area contributed by atoms with E-state index in [2.05, 4.69) is 0 Å². The van der Waals surface area contributed by atoms with Crippen LogP contribution < -0.4 is 0 Å². The standard InChI is InChI=1S/C7H7ClF3NO/c1-4-2-5(7(9,10)11)3-6(8)12(4)13/h2-4,13H,1H3. The molecule has 1 heterocycles. The zero-order valence-corrected chi connectivity index (χ0v) is 7.39. The second-order valence-electron chi connectivity index (χ2n) is 2.67. The molecule has 0 aromatic carbocycles. The van der Waals surface area contributed by atoms with Gasteiger partial charge in [0.25, 0.3) is 0 Å². The summed E-state index contributed by atoms with van der Waals surface area (Å²) in [5, 5.41) is 9.29. The maximum Gasteiger partial charge on any atom is 0.416 e. The van der Waals surface area contributed by atoms with E-state index in [4.69, 9.17) is 16.8 Å². The van der Waals surface area contributed by atoms with Crippen molar-refractivity contribution in [2.45, 2.75) is 19.1 Å². The largest absolute Gasteiger partial charge is 0.416 e. The van der Waals surface area contributed by atoms with E-state index < -0.39 is 17.8 Å². The summed E-state index contributed by atoms with van der Waals surface area (Å²) < 4.78 is 36.4. The SMILES string of the molecule is CC1C=C(C(F)(F)F)C=C(Cl)N1O. The van der Waals surface area contributed by atoms with Crippen LogP contribution in [0.2, 0.25) is 0 Å². The van der Waals surface area contributed by atoms with Gasteiger partial charge >= 0.3 is 6.18 Å². The van der Waals surface area contributed by atoms with E-state index in [1.807, 2.05) is 0 Å². The van der Waals surface area contributed by atoms with Crippen LogP contribution >= 0.6 is 11.6 Å². The molecule has 1 N–H and O–H groups in total. The van der Waals surface area contributed by atoms with Crippen LogP contribution in [0, 0.1) is 0 Å². The Labute approximate surface area is 77.9 Å². The van der Waals surface area contributed by atoms with E-state index in [1.165, 1.54) is 6.92 Å². The number of hydrogen-bond acceptors (Lipinski definition) is 2. The van der Waals surface area contributed by atoms with Gasteiger partial charge in [0.2, 0.25) is 0 Å². The molecule has 0 saturated heterocycles. The topological polar surface area (TPSA) is 23.5 Å². The highest BCUT2D eigenvalue weighted by Gasteiger charge is 2.35. The molecule has 74 valence electrons. The van der Waals surface area contributed by atoms with Crippen molar-refractivity contribution in [1.82, 2.24) is 5.06 Å². The van der Waals surface area contributed by atoms with Gasteiger partial charge in [-0.05, 0) is 19.1 Å². The third kappa shape index (κ3) is 2.16. The van der Waals surface area contributed by atoms with E-state index in [9.17, 15) is 13.2 Å². The molecule has 1 aliphatic rings. The first-order chi connectivity index (χ1) is 5.82. The summed E-state index contributed by atoms with van der Waals surface area (Å²) >= 11 is 5.36. The Morgan fingerprint density at radius 2 is 2.08 bits per heavy atom. The average molecular weight is 214 g/mol. The van der Waals surface area contributed by atoms with Crippen molar-refractivity contribution in [2.75, 3.05) is 0 Å². The first kappa shape index (κ1) is 10.4. The third-order valence-electron chi connectivity index (χ3n) is 1.63. The molecule has 0 aliphatic carbocycles. The number of alkyl halides is 3. The lowest BCUT2D eigenvalue weighted by Crippen LogP contribution is -2.30. The van der Waals surface area contributed by atoms with E-state index in [1.54, 1.807) is 0 Å². The van der Waals surface area contributed by atoms with Crippen LogP contribution in [0.4, 0.5) is 13.2 Å². The molecule has 0 bridgehead atoms. The van der Waals surface area contributed by atoms with Crippen LogP contribution in [0.3, 0.4) is 0 Å². The van der Waals surface area contributed by atoms with Crippen molar-refractivity contribution >= 4 is 11.6 Å². The van der Waals surface area contributed by atoms with Crippen LogP contribution in [0.5, 0.6) is 0 Å². The first-order valence-corrected chi connectivity index (χ1v) is 3.84. The minimum absolute atomic E-state index is 0.331. The summed E-state index contributed by atoms with van der Waals surface area (Å²) in [5.41, 5.74) is -0.838. The predicted octanol–water partition coefficient (Wildman–Crippen LogP) is 2.65. The fraction of sp³-hybridized carbons (Fsp3) is 0.429. The summed E-state index contributed by atoms with van der Waals surface area (Å²) in [6, 6.07) is -0.769. The van der Waals surface area contributed by atoms with Crippen LogP contribution in [0.15, 0.2) is 22.9 Å². The first-order valence-electron chi connectivity index (χ1n) is 3.46. The maximum atomic E-state index is 12.1. The highest BCUT2D eigenvalue weighted by atomic mass is 35.5. The number of hydroxylamine groups is 2. The monoisotopic (exact) mass is 213 g/mol. The Morgan fingerprint density at radius 1 is 1.54 bits per heavy atom. The number of halogens is 4. The molecular weight excluding hydrogens is 207 g/mol. The summed E-state index contributed by atoms with van der Waals surface area (Å²) in [5.74, 6) is 0. The van der Waals surface area contributed by atoms with Gasteiger partial charge in [0, 0.05) is 0 Å². The Bertz CT molecular complexity index is 271. The highest BCUT2D eigenvalue weighted by molar-refractivity contribution is 6.29. The quantitative estimate of drug-likeness (QED) is 0.626. The Hall–Kier alpha value is -0.680. The fourth-order valence-electron chi connectivity index (χ4n) is 0.944. The number of hydrogen-bond donors (Lipinski definition) is 1. The van der Waals surface area contributed by atoms with Crippen molar-refractivity contribution < 1.29 is 18.4 Å². The van der Waals surface area contributed by atoms with Crippen LogP contribution in [0.25, 0.3) is 0 Å². The zero-order valence-electron chi connectivity index (χ0n) is 6.64. The zero-order chi connectivity index (χ0) is 10.2. The lowest BCUT2D eigenvalue weighted by molar-refractivity contribution is -0.0967. The van der Waals surface area contributed by atoms with E-state index in [0.29, 0.717) is 11.1 Å². The van der Waals surface area contributed by atoms with Crippen molar-refractivity contribution in [3.63, 3.8) is 0 Å². The van der Waals surface area contributed by atoms with Crippen LogP contribution in [-0.2, 0) is 0 Å². The molecule has 0 spiro atoms. The van der Waals surface area contributed by atoms with Gasteiger partial charge in [0.05, 0.1) is 11.6 Å².